The maximum Gasteiger partial charge on any atom is 0.416 e. The number of benzene rings is 1. The number of aryl methyl sites for hydroxylation is 1. The van der Waals surface area contributed by atoms with Gasteiger partial charge in [-0.15, -0.1) is 0 Å². The summed E-state index contributed by atoms with van der Waals surface area (Å²) in [6.45, 7) is 6.44. The summed E-state index contributed by atoms with van der Waals surface area (Å²) in [7, 11) is 0. The van der Waals surface area contributed by atoms with Crippen LogP contribution in [0.5, 0.6) is 0 Å². The molecule has 0 radical (unpaired) electrons. The summed E-state index contributed by atoms with van der Waals surface area (Å²) in [5, 5.41) is 6.22. The molecule has 0 aliphatic carbocycles. The number of hydrogen-bond donors (Lipinski definition) is 2. The topological polar surface area (TPSA) is 24.1 Å². The Kier molecular flexibility index (Phi) is 6.31. The van der Waals surface area contributed by atoms with E-state index in [1.165, 1.54) is 6.07 Å². The zero-order valence-corrected chi connectivity index (χ0v) is 11.4. The third-order valence-corrected chi connectivity index (χ3v) is 2.84. The largest absolute Gasteiger partial charge is 0.416 e. The Hall–Kier alpha value is -1.07. The molecule has 0 fully saturated rings. The molecule has 0 spiro atoms. The summed E-state index contributed by atoms with van der Waals surface area (Å²) in [6.07, 6.45) is -3.38. The molecule has 5 heteroatoms. The summed E-state index contributed by atoms with van der Waals surface area (Å²) in [5.74, 6) is 0. The van der Waals surface area contributed by atoms with Gasteiger partial charge in [0.2, 0.25) is 0 Å². The van der Waals surface area contributed by atoms with Crippen LogP contribution in [0.25, 0.3) is 0 Å². The summed E-state index contributed by atoms with van der Waals surface area (Å²) < 4.78 is 38.6. The average Bonchev–Trinajstić information content (AvgIpc) is 2.34. The van der Waals surface area contributed by atoms with Crippen LogP contribution in [-0.2, 0) is 12.7 Å². The molecule has 0 saturated heterocycles. The maximum atomic E-state index is 12.9. The lowest BCUT2D eigenvalue weighted by atomic mass is 10.0. The molecule has 0 unspecified atom stereocenters. The van der Waals surface area contributed by atoms with E-state index in [2.05, 4.69) is 10.6 Å². The molecule has 0 atom stereocenters. The van der Waals surface area contributed by atoms with E-state index in [-0.39, 0.29) is 6.54 Å². The monoisotopic (exact) mass is 274 g/mol. The molecule has 0 bridgehead atoms. The molecule has 0 heterocycles. The van der Waals surface area contributed by atoms with Crippen LogP contribution in [0.4, 0.5) is 13.2 Å². The number of alkyl halides is 3. The quantitative estimate of drug-likeness (QED) is 0.747. The average molecular weight is 274 g/mol. The zero-order chi connectivity index (χ0) is 14.3. The molecule has 1 rings (SSSR count). The van der Waals surface area contributed by atoms with Crippen molar-refractivity contribution in [3.63, 3.8) is 0 Å². The van der Waals surface area contributed by atoms with Crippen molar-refractivity contribution in [3.8, 4) is 0 Å². The van der Waals surface area contributed by atoms with Crippen molar-refractivity contribution in [3.05, 3.63) is 34.9 Å². The highest BCUT2D eigenvalue weighted by atomic mass is 19.4. The lowest BCUT2D eigenvalue weighted by Crippen LogP contribution is -2.22. The Bertz CT molecular complexity index is 389. The van der Waals surface area contributed by atoms with Gasteiger partial charge in [0, 0.05) is 6.54 Å². The van der Waals surface area contributed by atoms with Crippen LogP contribution in [0.1, 0.15) is 30.0 Å². The fourth-order valence-corrected chi connectivity index (χ4v) is 1.85. The maximum absolute atomic E-state index is 12.9. The Morgan fingerprint density at radius 1 is 1.11 bits per heavy atom. The second-order valence-corrected chi connectivity index (χ2v) is 4.54. The normalized spacial score (nSPS) is 11.8. The number of nitrogens with one attached hydrogen (secondary N) is 2. The van der Waals surface area contributed by atoms with E-state index in [0.717, 1.165) is 19.5 Å². The lowest BCUT2D eigenvalue weighted by molar-refractivity contribution is -0.138. The van der Waals surface area contributed by atoms with E-state index in [4.69, 9.17) is 0 Å². The highest BCUT2D eigenvalue weighted by molar-refractivity contribution is 5.33. The molecule has 0 amide bonds. The molecule has 2 nitrogen and oxygen atoms in total. The van der Waals surface area contributed by atoms with Crippen molar-refractivity contribution in [2.45, 2.75) is 33.0 Å². The van der Waals surface area contributed by atoms with Gasteiger partial charge < -0.3 is 10.6 Å². The zero-order valence-electron chi connectivity index (χ0n) is 11.4. The first kappa shape index (κ1) is 16.0. The second kappa shape index (κ2) is 7.50. The highest BCUT2D eigenvalue weighted by Gasteiger charge is 2.33. The van der Waals surface area contributed by atoms with Crippen LogP contribution < -0.4 is 10.6 Å². The van der Waals surface area contributed by atoms with Crippen LogP contribution in [0, 0.1) is 6.92 Å². The van der Waals surface area contributed by atoms with Crippen molar-refractivity contribution >= 4 is 0 Å². The molecular formula is C14H21F3N2. The summed E-state index contributed by atoms with van der Waals surface area (Å²) in [4.78, 5) is 0. The molecule has 108 valence electrons. The second-order valence-electron chi connectivity index (χ2n) is 4.54. The van der Waals surface area contributed by atoms with Crippen molar-refractivity contribution in [1.82, 2.24) is 10.6 Å². The lowest BCUT2D eigenvalue weighted by Gasteiger charge is -2.14. The Morgan fingerprint density at radius 3 is 2.42 bits per heavy atom. The predicted molar refractivity (Wildman–Crippen MR) is 71.0 cm³/mol. The Balaban J connectivity index is 2.54. The minimum absolute atomic E-state index is 0.251. The predicted octanol–water partition coefficient (Wildman–Crippen LogP) is 3.10. The van der Waals surface area contributed by atoms with E-state index in [9.17, 15) is 13.2 Å². The van der Waals surface area contributed by atoms with Crippen molar-refractivity contribution in [1.29, 1.82) is 0 Å². The van der Waals surface area contributed by atoms with Crippen LogP contribution >= 0.6 is 0 Å². The van der Waals surface area contributed by atoms with Crippen molar-refractivity contribution in [2.24, 2.45) is 0 Å². The number of hydrogen-bond acceptors (Lipinski definition) is 2. The van der Waals surface area contributed by atoms with Gasteiger partial charge in [0.1, 0.15) is 0 Å². The first-order valence-electron chi connectivity index (χ1n) is 6.53. The van der Waals surface area contributed by atoms with Gasteiger partial charge in [-0.1, -0.05) is 24.6 Å². The van der Waals surface area contributed by atoms with Gasteiger partial charge in [-0.25, -0.2) is 0 Å². The van der Waals surface area contributed by atoms with Gasteiger partial charge >= 0.3 is 6.18 Å². The van der Waals surface area contributed by atoms with Gasteiger partial charge in [-0.2, -0.15) is 13.2 Å². The van der Waals surface area contributed by atoms with Gasteiger partial charge in [0.25, 0.3) is 0 Å². The molecular weight excluding hydrogens is 253 g/mol. The first-order chi connectivity index (χ1) is 8.95. The SMILES string of the molecule is CCNCCCNCc1ccc(C)cc1C(F)(F)F. The van der Waals surface area contributed by atoms with Crippen molar-refractivity contribution < 1.29 is 13.2 Å². The molecule has 19 heavy (non-hydrogen) atoms. The minimum atomic E-state index is -4.28. The summed E-state index contributed by atoms with van der Waals surface area (Å²) in [6, 6.07) is 4.47. The smallest absolute Gasteiger partial charge is 0.317 e. The van der Waals surface area contributed by atoms with E-state index in [1.807, 2.05) is 6.92 Å². The number of halogens is 3. The molecule has 1 aromatic rings. The summed E-state index contributed by atoms with van der Waals surface area (Å²) in [5.41, 5.74) is 0.399. The summed E-state index contributed by atoms with van der Waals surface area (Å²) >= 11 is 0. The third-order valence-electron chi connectivity index (χ3n) is 2.84. The van der Waals surface area contributed by atoms with Gasteiger partial charge in [-0.3, -0.25) is 0 Å². The third kappa shape index (κ3) is 5.61. The van der Waals surface area contributed by atoms with Crippen LogP contribution in [0.2, 0.25) is 0 Å². The Labute approximate surface area is 112 Å². The molecule has 2 N–H and O–H groups in total. The van der Waals surface area contributed by atoms with E-state index in [1.54, 1.807) is 19.1 Å². The number of rotatable bonds is 7. The van der Waals surface area contributed by atoms with E-state index in [0.29, 0.717) is 17.7 Å². The van der Waals surface area contributed by atoms with E-state index < -0.39 is 11.7 Å². The molecule has 0 aliphatic heterocycles. The molecule has 1 aromatic carbocycles. The minimum Gasteiger partial charge on any atom is -0.317 e. The molecule has 0 aromatic heterocycles. The van der Waals surface area contributed by atoms with Gasteiger partial charge in [-0.05, 0) is 44.6 Å². The van der Waals surface area contributed by atoms with Crippen molar-refractivity contribution in [2.75, 3.05) is 19.6 Å². The van der Waals surface area contributed by atoms with Gasteiger partial charge in [0.05, 0.1) is 5.56 Å². The first-order valence-corrected chi connectivity index (χ1v) is 6.53. The molecule has 0 saturated carbocycles. The fraction of sp³-hybridized carbons (Fsp3) is 0.571. The standard InChI is InChI=1S/C14H21F3N2/c1-3-18-7-4-8-19-10-12-6-5-11(2)9-13(12)14(15,16)17/h5-6,9,18-19H,3-4,7-8,10H2,1-2H3. The fourth-order valence-electron chi connectivity index (χ4n) is 1.85. The van der Waals surface area contributed by atoms with Crippen LogP contribution in [-0.4, -0.2) is 19.6 Å². The van der Waals surface area contributed by atoms with Crippen LogP contribution in [0.15, 0.2) is 18.2 Å². The van der Waals surface area contributed by atoms with E-state index >= 15 is 0 Å². The molecule has 0 aliphatic rings. The van der Waals surface area contributed by atoms with Crippen LogP contribution in [0.3, 0.4) is 0 Å². The Morgan fingerprint density at radius 2 is 1.79 bits per heavy atom. The van der Waals surface area contributed by atoms with Gasteiger partial charge in [0.15, 0.2) is 0 Å². The highest BCUT2D eigenvalue weighted by Crippen LogP contribution is 2.32.